The molecule has 1 aromatic rings. The van der Waals surface area contributed by atoms with E-state index in [1.54, 1.807) is 18.9 Å². The van der Waals surface area contributed by atoms with E-state index in [-0.39, 0.29) is 17.2 Å². The van der Waals surface area contributed by atoms with Crippen molar-refractivity contribution in [2.24, 2.45) is 5.41 Å². The van der Waals surface area contributed by atoms with Crippen molar-refractivity contribution in [3.63, 3.8) is 0 Å². The molecule has 1 aliphatic carbocycles. The van der Waals surface area contributed by atoms with E-state index in [0.717, 1.165) is 37.0 Å². The van der Waals surface area contributed by atoms with Crippen LogP contribution in [-0.4, -0.2) is 47.6 Å². The van der Waals surface area contributed by atoms with Gasteiger partial charge in [0.25, 0.3) is 0 Å². The summed E-state index contributed by atoms with van der Waals surface area (Å²) >= 11 is 0. The number of benzene rings is 1. The molecule has 1 saturated carbocycles. The molecule has 2 amide bonds. The summed E-state index contributed by atoms with van der Waals surface area (Å²) in [6.45, 7) is 2.48. The van der Waals surface area contributed by atoms with Crippen molar-refractivity contribution in [1.29, 1.82) is 0 Å². The van der Waals surface area contributed by atoms with Gasteiger partial charge < -0.3 is 20.1 Å². The van der Waals surface area contributed by atoms with Gasteiger partial charge >= 0.3 is 0 Å². The van der Waals surface area contributed by atoms with E-state index in [1.807, 2.05) is 24.3 Å². The second-order valence-corrected chi connectivity index (χ2v) is 8.01. The lowest BCUT2D eigenvalue weighted by atomic mass is 9.73. The van der Waals surface area contributed by atoms with Crippen LogP contribution < -0.4 is 10.1 Å². The van der Waals surface area contributed by atoms with E-state index in [0.29, 0.717) is 19.5 Å². The molecule has 2 atom stereocenters. The molecular formula is C21H30N2O4. The third-order valence-corrected chi connectivity index (χ3v) is 5.93. The maximum absolute atomic E-state index is 12.8. The standard InChI is InChI=1S/C21H30N2O4/c1-15(24)19(20(26)22-13-16-7-6-8-17(11-16)27-2)23-14-21(12-18(23)25)9-4-3-5-10-21/h6-8,11,15,19,24H,3-5,9-10,12-14H2,1-2H3,(H,22,26)/t15-,19+/m1/s1. The average molecular weight is 374 g/mol. The summed E-state index contributed by atoms with van der Waals surface area (Å²) in [6.07, 6.45) is 5.15. The highest BCUT2D eigenvalue weighted by Gasteiger charge is 2.48. The van der Waals surface area contributed by atoms with Crippen molar-refractivity contribution in [1.82, 2.24) is 10.2 Å². The fourth-order valence-electron chi connectivity index (χ4n) is 4.52. The van der Waals surface area contributed by atoms with Crippen molar-refractivity contribution >= 4 is 11.8 Å². The molecule has 148 valence electrons. The Morgan fingerprint density at radius 3 is 2.74 bits per heavy atom. The molecular weight excluding hydrogens is 344 g/mol. The number of hydrogen-bond acceptors (Lipinski definition) is 4. The summed E-state index contributed by atoms with van der Waals surface area (Å²) in [6, 6.07) is 6.62. The van der Waals surface area contributed by atoms with Crippen LogP contribution in [0.4, 0.5) is 0 Å². The first-order valence-electron chi connectivity index (χ1n) is 9.82. The molecule has 0 bridgehead atoms. The van der Waals surface area contributed by atoms with Gasteiger partial charge in [0.1, 0.15) is 11.8 Å². The van der Waals surface area contributed by atoms with E-state index in [1.165, 1.54) is 6.42 Å². The molecule has 1 saturated heterocycles. The first-order valence-corrected chi connectivity index (χ1v) is 9.82. The Labute approximate surface area is 160 Å². The van der Waals surface area contributed by atoms with Gasteiger partial charge in [-0.05, 0) is 42.9 Å². The summed E-state index contributed by atoms with van der Waals surface area (Å²) in [4.78, 5) is 27.1. The zero-order chi connectivity index (χ0) is 19.4. The summed E-state index contributed by atoms with van der Waals surface area (Å²) in [5, 5.41) is 13.1. The molecule has 0 radical (unpaired) electrons. The summed E-state index contributed by atoms with van der Waals surface area (Å²) < 4.78 is 5.20. The summed E-state index contributed by atoms with van der Waals surface area (Å²) in [7, 11) is 1.60. The summed E-state index contributed by atoms with van der Waals surface area (Å²) in [5.74, 6) is 0.399. The maximum atomic E-state index is 12.8. The Kier molecular flexibility index (Phi) is 6.05. The summed E-state index contributed by atoms with van der Waals surface area (Å²) in [5.41, 5.74) is 0.902. The van der Waals surface area contributed by atoms with Crippen LogP contribution >= 0.6 is 0 Å². The van der Waals surface area contributed by atoms with E-state index in [9.17, 15) is 14.7 Å². The predicted molar refractivity (Wildman–Crippen MR) is 102 cm³/mol. The number of amides is 2. The predicted octanol–water partition coefficient (Wildman–Crippen LogP) is 2.24. The minimum Gasteiger partial charge on any atom is -0.497 e. The van der Waals surface area contributed by atoms with E-state index in [4.69, 9.17) is 4.74 Å². The number of hydrogen-bond donors (Lipinski definition) is 2. The van der Waals surface area contributed by atoms with Gasteiger partial charge in [-0.3, -0.25) is 9.59 Å². The van der Waals surface area contributed by atoms with Crippen LogP contribution in [0.25, 0.3) is 0 Å². The van der Waals surface area contributed by atoms with Gasteiger partial charge in [-0.2, -0.15) is 0 Å². The number of carbonyl (C=O) groups is 2. The smallest absolute Gasteiger partial charge is 0.245 e. The van der Waals surface area contributed by atoms with Gasteiger partial charge in [0.05, 0.1) is 13.2 Å². The van der Waals surface area contributed by atoms with E-state index >= 15 is 0 Å². The number of rotatable bonds is 6. The van der Waals surface area contributed by atoms with Crippen LogP contribution in [0.1, 0.15) is 51.0 Å². The number of likely N-dealkylation sites (tertiary alicyclic amines) is 1. The fourth-order valence-corrected chi connectivity index (χ4v) is 4.52. The Morgan fingerprint density at radius 2 is 2.07 bits per heavy atom. The normalized spacial score (nSPS) is 21.1. The molecule has 1 heterocycles. The third kappa shape index (κ3) is 4.43. The molecule has 2 fully saturated rings. The van der Waals surface area contributed by atoms with Crippen molar-refractivity contribution in [2.75, 3.05) is 13.7 Å². The Hall–Kier alpha value is -2.08. The Morgan fingerprint density at radius 1 is 1.33 bits per heavy atom. The molecule has 3 rings (SSSR count). The number of ether oxygens (including phenoxy) is 1. The second-order valence-electron chi connectivity index (χ2n) is 8.01. The van der Waals surface area contributed by atoms with Gasteiger partial charge in [-0.1, -0.05) is 31.4 Å². The lowest BCUT2D eigenvalue weighted by molar-refractivity contribution is -0.141. The number of nitrogens with zero attached hydrogens (tertiary/aromatic N) is 1. The molecule has 27 heavy (non-hydrogen) atoms. The number of carbonyl (C=O) groups excluding carboxylic acids is 2. The SMILES string of the molecule is COc1cccc(CNC(=O)[C@H]([C@@H](C)O)N2CC3(CCCCC3)CC2=O)c1. The fraction of sp³-hybridized carbons (Fsp3) is 0.619. The van der Waals surface area contributed by atoms with Crippen LogP contribution in [-0.2, 0) is 16.1 Å². The first-order chi connectivity index (χ1) is 12.9. The van der Waals surface area contributed by atoms with Gasteiger partial charge in [0, 0.05) is 19.5 Å². The van der Waals surface area contributed by atoms with Crippen molar-refractivity contribution < 1.29 is 19.4 Å². The average Bonchev–Trinajstić information content (AvgIpc) is 2.95. The van der Waals surface area contributed by atoms with E-state index < -0.39 is 12.1 Å². The highest BCUT2D eigenvalue weighted by molar-refractivity contribution is 5.89. The quantitative estimate of drug-likeness (QED) is 0.800. The van der Waals surface area contributed by atoms with E-state index in [2.05, 4.69) is 5.32 Å². The van der Waals surface area contributed by atoms with Crippen LogP contribution in [0.2, 0.25) is 0 Å². The van der Waals surface area contributed by atoms with Crippen LogP contribution in [0, 0.1) is 5.41 Å². The highest BCUT2D eigenvalue weighted by atomic mass is 16.5. The molecule has 2 aliphatic rings. The molecule has 1 aliphatic heterocycles. The maximum Gasteiger partial charge on any atom is 0.245 e. The number of aliphatic hydroxyl groups excluding tert-OH is 1. The van der Waals surface area contributed by atoms with Crippen molar-refractivity contribution in [2.45, 2.75) is 64.1 Å². The number of methoxy groups -OCH3 is 1. The zero-order valence-corrected chi connectivity index (χ0v) is 16.2. The van der Waals surface area contributed by atoms with Gasteiger partial charge in [-0.25, -0.2) is 0 Å². The van der Waals surface area contributed by atoms with Crippen molar-refractivity contribution in [3.8, 4) is 5.75 Å². The molecule has 1 aromatic carbocycles. The zero-order valence-electron chi connectivity index (χ0n) is 16.2. The van der Waals surface area contributed by atoms with Crippen LogP contribution in [0.3, 0.4) is 0 Å². The van der Waals surface area contributed by atoms with Crippen LogP contribution in [0.15, 0.2) is 24.3 Å². The molecule has 0 aromatic heterocycles. The van der Waals surface area contributed by atoms with Gasteiger partial charge in [0.15, 0.2) is 0 Å². The first kappa shape index (κ1) is 19.7. The number of nitrogens with one attached hydrogen (secondary N) is 1. The lowest BCUT2D eigenvalue weighted by Crippen LogP contribution is -2.53. The minimum atomic E-state index is -0.919. The Balaban J connectivity index is 1.67. The highest BCUT2D eigenvalue weighted by Crippen LogP contribution is 2.45. The molecule has 0 unspecified atom stereocenters. The largest absolute Gasteiger partial charge is 0.497 e. The van der Waals surface area contributed by atoms with Crippen LogP contribution in [0.5, 0.6) is 5.75 Å². The molecule has 2 N–H and O–H groups in total. The number of aliphatic hydroxyl groups is 1. The Bertz CT molecular complexity index is 683. The third-order valence-electron chi connectivity index (χ3n) is 5.93. The molecule has 1 spiro atoms. The van der Waals surface area contributed by atoms with Gasteiger partial charge in [0.2, 0.25) is 11.8 Å². The minimum absolute atomic E-state index is 0.00442. The lowest BCUT2D eigenvalue weighted by Gasteiger charge is -2.35. The monoisotopic (exact) mass is 374 g/mol. The van der Waals surface area contributed by atoms with Gasteiger partial charge in [-0.15, -0.1) is 0 Å². The molecule has 6 heteroatoms. The molecule has 6 nitrogen and oxygen atoms in total. The second kappa shape index (κ2) is 8.30. The van der Waals surface area contributed by atoms with Crippen molar-refractivity contribution in [3.05, 3.63) is 29.8 Å². The topological polar surface area (TPSA) is 78.9 Å².